The SMILES string of the molecule is CC.CC1(C)CC(NC(=O)OCC2COC(=O)O2)CC(C)(CCC(=O)OCC2COC(=O)O2)C1. The third-order valence-corrected chi connectivity index (χ3v) is 5.83. The standard InChI is InChI=1S/C21H31NO10.C2H6/c1-20(2)6-13(22-17(24)28-9-15-11-30-19(26)32-15)7-21(3,12-20)5-4-16(23)27-8-14-10-29-18(25)31-14;1-2/h13-15H,4-12H2,1-3H3,(H,22,24);1-2H3. The van der Waals surface area contributed by atoms with Crippen LogP contribution in [0.5, 0.6) is 0 Å². The Morgan fingerprint density at radius 1 is 0.941 bits per heavy atom. The Labute approximate surface area is 200 Å². The van der Waals surface area contributed by atoms with Crippen molar-refractivity contribution < 1.29 is 47.6 Å². The number of carbonyl (C=O) groups excluding carboxylic acids is 4. The number of rotatable bonds is 8. The van der Waals surface area contributed by atoms with E-state index < -0.39 is 30.6 Å². The van der Waals surface area contributed by atoms with Crippen LogP contribution in [0.3, 0.4) is 0 Å². The van der Waals surface area contributed by atoms with Crippen LogP contribution in [0.25, 0.3) is 0 Å². The topological polar surface area (TPSA) is 136 Å². The summed E-state index contributed by atoms with van der Waals surface area (Å²) < 4.78 is 29.4. The Bertz CT molecular complexity index is 739. The molecule has 194 valence electrons. The van der Waals surface area contributed by atoms with Crippen molar-refractivity contribution in [3.05, 3.63) is 0 Å². The molecule has 11 heteroatoms. The van der Waals surface area contributed by atoms with Crippen LogP contribution in [0.1, 0.15) is 66.7 Å². The highest BCUT2D eigenvalue weighted by atomic mass is 16.8. The van der Waals surface area contributed by atoms with Gasteiger partial charge in [0.25, 0.3) is 0 Å². The van der Waals surface area contributed by atoms with E-state index in [0.29, 0.717) is 12.8 Å². The van der Waals surface area contributed by atoms with Crippen molar-refractivity contribution in [1.82, 2.24) is 5.32 Å². The lowest BCUT2D eigenvalue weighted by molar-refractivity contribution is -0.147. The first-order chi connectivity index (χ1) is 16.0. The van der Waals surface area contributed by atoms with Gasteiger partial charge < -0.3 is 33.7 Å². The van der Waals surface area contributed by atoms with Gasteiger partial charge in [0.15, 0.2) is 12.2 Å². The number of hydrogen-bond acceptors (Lipinski definition) is 10. The molecule has 3 aliphatic rings. The van der Waals surface area contributed by atoms with Gasteiger partial charge in [-0.05, 0) is 36.5 Å². The molecule has 1 aliphatic carbocycles. The summed E-state index contributed by atoms with van der Waals surface area (Å²) in [6.45, 7) is 10.4. The summed E-state index contributed by atoms with van der Waals surface area (Å²) in [7, 11) is 0. The molecule has 0 aromatic heterocycles. The van der Waals surface area contributed by atoms with Crippen molar-refractivity contribution in [1.29, 1.82) is 0 Å². The van der Waals surface area contributed by atoms with E-state index in [-0.39, 0.29) is 55.7 Å². The van der Waals surface area contributed by atoms with Gasteiger partial charge in [-0.2, -0.15) is 0 Å². The van der Waals surface area contributed by atoms with Crippen molar-refractivity contribution >= 4 is 24.4 Å². The quantitative estimate of drug-likeness (QED) is 0.398. The van der Waals surface area contributed by atoms with Gasteiger partial charge in [0, 0.05) is 12.5 Å². The number of nitrogens with one attached hydrogen (secondary N) is 1. The molecule has 0 radical (unpaired) electrons. The summed E-state index contributed by atoms with van der Waals surface area (Å²) in [4.78, 5) is 46.3. The molecule has 0 spiro atoms. The minimum Gasteiger partial charge on any atom is -0.462 e. The van der Waals surface area contributed by atoms with Gasteiger partial charge in [0.1, 0.15) is 26.4 Å². The molecule has 0 aromatic rings. The van der Waals surface area contributed by atoms with E-state index in [4.69, 9.17) is 18.9 Å². The lowest BCUT2D eigenvalue weighted by Crippen LogP contribution is -2.47. The minimum atomic E-state index is -0.764. The molecule has 2 aliphatic heterocycles. The van der Waals surface area contributed by atoms with Crippen molar-refractivity contribution in [3.8, 4) is 0 Å². The van der Waals surface area contributed by atoms with Crippen molar-refractivity contribution in [2.24, 2.45) is 10.8 Å². The molecule has 1 N–H and O–H groups in total. The second-order valence-corrected chi connectivity index (χ2v) is 9.78. The van der Waals surface area contributed by atoms with Gasteiger partial charge in [0.05, 0.1) is 0 Å². The maximum Gasteiger partial charge on any atom is 0.508 e. The number of ether oxygens (including phenoxy) is 6. The first-order valence-corrected chi connectivity index (χ1v) is 11.8. The molecule has 3 fully saturated rings. The summed E-state index contributed by atoms with van der Waals surface area (Å²) in [5, 5.41) is 2.90. The smallest absolute Gasteiger partial charge is 0.462 e. The van der Waals surface area contributed by atoms with Crippen molar-refractivity contribution in [3.63, 3.8) is 0 Å². The van der Waals surface area contributed by atoms with Gasteiger partial charge in [-0.25, -0.2) is 14.4 Å². The highest BCUT2D eigenvalue weighted by Gasteiger charge is 2.42. The van der Waals surface area contributed by atoms with Gasteiger partial charge >= 0.3 is 24.4 Å². The average molecular weight is 488 g/mol. The third-order valence-electron chi connectivity index (χ3n) is 5.83. The van der Waals surface area contributed by atoms with Gasteiger partial charge in [-0.15, -0.1) is 0 Å². The monoisotopic (exact) mass is 487 g/mol. The van der Waals surface area contributed by atoms with Crippen LogP contribution in [0.4, 0.5) is 14.4 Å². The maximum atomic E-state index is 12.2. The molecule has 0 bridgehead atoms. The second-order valence-electron chi connectivity index (χ2n) is 9.78. The fraction of sp³-hybridized carbons (Fsp3) is 0.826. The van der Waals surface area contributed by atoms with E-state index in [2.05, 4.69) is 35.6 Å². The molecule has 4 unspecified atom stereocenters. The van der Waals surface area contributed by atoms with Crippen LogP contribution >= 0.6 is 0 Å². The predicted molar refractivity (Wildman–Crippen MR) is 118 cm³/mol. The molecule has 2 saturated heterocycles. The van der Waals surface area contributed by atoms with Crippen LogP contribution < -0.4 is 5.32 Å². The van der Waals surface area contributed by atoms with E-state index in [1.807, 2.05) is 13.8 Å². The number of cyclic esters (lactones) is 4. The fourth-order valence-electron chi connectivity index (χ4n) is 4.86. The van der Waals surface area contributed by atoms with Crippen LogP contribution in [0.15, 0.2) is 0 Å². The summed E-state index contributed by atoms with van der Waals surface area (Å²) in [5.74, 6) is -0.366. The molecular formula is C23H37NO10. The van der Waals surface area contributed by atoms with Crippen LogP contribution in [-0.2, 0) is 33.2 Å². The number of alkyl carbamates (subject to hydrolysis) is 1. The van der Waals surface area contributed by atoms with Crippen molar-refractivity contribution in [2.45, 2.75) is 85.0 Å². The van der Waals surface area contributed by atoms with Crippen LogP contribution in [0, 0.1) is 10.8 Å². The van der Waals surface area contributed by atoms with E-state index in [1.54, 1.807) is 0 Å². The van der Waals surface area contributed by atoms with Gasteiger partial charge in [-0.3, -0.25) is 4.79 Å². The van der Waals surface area contributed by atoms with Gasteiger partial charge in [0.2, 0.25) is 0 Å². The highest BCUT2D eigenvalue weighted by molar-refractivity contribution is 5.69. The molecule has 1 saturated carbocycles. The largest absolute Gasteiger partial charge is 0.508 e. The second kappa shape index (κ2) is 12.1. The Morgan fingerprint density at radius 3 is 2.03 bits per heavy atom. The molecule has 11 nitrogen and oxygen atoms in total. The zero-order valence-corrected chi connectivity index (χ0v) is 20.7. The molecule has 1 amide bonds. The van der Waals surface area contributed by atoms with E-state index in [1.165, 1.54) is 0 Å². The number of hydrogen-bond donors (Lipinski definition) is 1. The molecular weight excluding hydrogens is 450 g/mol. The zero-order chi connectivity index (χ0) is 25.4. The molecule has 34 heavy (non-hydrogen) atoms. The van der Waals surface area contributed by atoms with Crippen molar-refractivity contribution in [2.75, 3.05) is 26.4 Å². The van der Waals surface area contributed by atoms with Crippen LogP contribution in [-0.4, -0.2) is 69.1 Å². The average Bonchev–Trinajstić information content (AvgIpc) is 3.37. The number of esters is 1. The Hall–Kier alpha value is -2.72. The third kappa shape index (κ3) is 8.90. The zero-order valence-electron chi connectivity index (χ0n) is 20.7. The molecule has 4 atom stereocenters. The molecule has 3 rings (SSSR count). The summed E-state index contributed by atoms with van der Waals surface area (Å²) >= 11 is 0. The van der Waals surface area contributed by atoms with E-state index in [9.17, 15) is 19.2 Å². The molecule has 2 heterocycles. The van der Waals surface area contributed by atoms with E-state index in [0.717, 1.165) is 12.8 Å². The van der Waals surface area contributed by atoms with E-state index >= 15 is 0 Å². The lowest BCUT2D eigenvalue weighted by atomic mass is 9.61. The number of carbonyl (C=O) groups is 4. The fourth-order valence-corrected chi connectivity index (χ4v) is 4.86. The Kier molecular flexibility index (Phi) is 9.81. The summed E-state index contributed by atoms with van der Waals surface area (Å²) in [6.07, 6.45) is -0.0730. The summed E-state index contributed by atoms with van der Waals surface area (Å²) in [6, 6.07) is -0.121. The van der Waals surface area contributed by atoms with Gasteiger partial charge in [-0.1, -0.05) is 34.6 Å². The first kappa shape index (κ1) is 27.5. The minimum absolute atomic E-state index is 0.0237. The lowest BCUT2D eigenvalue weighted by Gasteiger charge is -2.46. The summed E-state index contributed by atoms with van der Waals surface area (Å²) in [5.41, 5.74) is -0.227. The highest BCUT2D eigenvalue weighted by Crippen LogP contribution is 2.48. The van der Waals surface area contributed by atoms with Crippen LogP contribution in [0.2, 0.25) is 0 Å². The normalized spacial score (nSPS) is 29.4. The molecule has 0 aromatic carbocycles. The number of amides is 1. The maximum absolute atomic E-state index is 12.2. The predicted octanol–water partition coefficient (Wildman–Crippen LogP) is 3.72. The Balaban J connectivity index is 0.00000199. The Morgan fingerprint density at radius 2 is 1.50 bits per heavy atom. The first-order valence-electron chi connectivity index (χ1n) is 11.8.